The van der Waals surface area contributed by atoms with Gasteiger partial charge in [0.15, 0.2) is 5.75 Å². The second-order valence-electron chi connectivity index (χ2n) is 8.05. The van der Waals surface area contributed by atoms with Crippen LogP contribution in [0.4, 0.5) is 17.2 Å². The van der Waals surface area contributed by atoms with Crippen molar-refractivity contribution in [3.05, 3.63) is 66.0 Å². The Morgan fingerprint density at radius 3 is 2.66 bits per heavy atom. The number of aromatic nitrogens is 1. The third-order valence-corrected chi connectivity index (χ3v) is 5.32. The Hall–Kier alpha value is -3.98. The van der Waals surface area contributed by atoms with E-state index in [-0.39, 0.29) is 17.4 Å². The number of hydrogen-bond donors (Lipinski definition) is 3. The van der Waals surface area contributed by atoms with Crippen LogP contribution >= 0.6 is 0 Å². The van der Waals surface area contributed by atoms with Crippen molar-refractivity contribution in [1.82, 2.24) is 10.5 Å². The maximum atomic E-state index is 12.7. The van der Waals surface area contributed by atoms with Crippen LogP contribution in [0.3, 0.4) is 0 Å². The van der Waals surface area contributed by atoms with Crippen molar-refractivity contribution >= 4 is 34.7 Å². The normalized spacial score (nSPS) is 13.7. The maximum Gasteiger partial charge on any atom is 0.278 e. The molecule has 9 heteroatoms. The Morgan fingerprint density at radius 1 is 1.23 bits per heavy atom. The summed E-state index contributed by atoms with van der Waals surface area (Å²) in [4.78, 5) is 38.8. The molecule has 1 aromatic heterocycles. The van der Waals surface area contributed by atoms with Gasteiger partial charge in [-0.15, -0.1) is 0 Å². The van der Waals surface area contributed by atoms with E-state index in [1.165, 1.54) is 6.20 Å². The first kappa shape index (κ1) is 25.6. The van der Waals surface area contributed by atoms with Crippen LogP contribution in [0.1, 0.15) is 49.5 Å². The molecule has 0 atom stereocenters. The van der Waals surface area contributed by atoms with Crippen LogP contribution in [0, 0.1) is 5.92 Å². The minimum Gasteiger partial charge on any atom is -0.494 e. The third kappa shape index (κ3) is 6.77. The molecular formula is C26H31N5O4. The molecule has 1 aromatic carbocycles. The number of nitrogens with zero attached hydrogens (tertiary/aromatic N) is 2. The number of carbonyl (C=O) groups is 2. The lowest BCUT2D eigenvalue weighted by atomic mass is 10.1. The van der Waals surface area contributed by atoms with Gasteiger partial charge in [-0.3, -0.25) is 19.4 Å². The van der Waals surface area contributed by atoms with Gasteiger partial charge in [-0.05, 0) is 51.3 Å². The Bertz CT molecular complexity index is 1170. The predicted molar refractivity (Wildman–Crippen MR) is 137 cm³/mol. The quantitative estimate of drug-likeness (QED) is 0.244. The molecule has 1 heterocycles. The standard InChI is InChI=1S/C26H31N5O4/c1-6-16(3)14-27-17(4)19-9-8-10-21(24(19)34-5)29-22-13-23(30-25(32)18-11-12-18)28-15-20(22)26(33)31-35-7-2/h6,8-10,13-15,18H,1,7,11-12H2,2-5H3,(H,31,33)(H2,28,29,30,32)/b16-14-,27-17+. The van der Waals surface area contributed by atoms with Crippen molar-refractivity contribution < 1.29 is 19.2 Å². The number of allylic oxidation sites excluding steroid dienone is 2. The van der Waals surface area contributed by atoms with E-state index in [2.05, 4.69) is 32.7 Å². The molecule has 2 aromatic rings. The third-order valence-electron chi connectivity index (χ3n) is 5.32. The van der Waals surface area contributed by atoms with E-state index in [0.29, 0.717) is 29.5 Å². The number of ether oxygens (including phenoxy) is 1. The Morgan fingerprint density at radius 2 is 2.00 bits per heavy atom. The first-order chi connectivity index (χ1) is 16.9. The van der Waals surface area contributed by atoms with Gasteiger partial charge >= 0.3 is 0 Å². The van der Waals surface area contributed by atoms with E-state index in [1.807, 2.05) is 32.0 Å². The van der Waals surface area contributed by atoms with Crippen molar-refractivity contribution in [1.29, 1.82) is 0 Å². The zero-order valence-corrected chi connectivity index (χ0v) is 20.5. The van der Waals surface area contributed by atoms with Crippen LogP contribution in [-0.4, -0.2) is 36.2 Å². The van der Waals surface area contributed by atoms with E-state index >= 15 is 0 Å². The molecule has 1 aliphatic carbocycles. The number of rotatable bonds is 11. The summed E-state index contributed by atoms with van der Waals surface area (Å²) in [6.45, 7) is 9.61. The molecule has 0 unspecified atom stereocenters. The van der Waals surface area contributed by atoms with Gasteiger partial charge < -0.3 is 15.4 Å². The van der Waals surface area contributed by atoms with Gasteiger partial charge in [0.2, 0.25) is 5.91 Å². The number of anilines is 3. The molecule has 1 aliphatic rings. The number of pyridine rings is 1. The van der Waals surface area contributed by atoms with Gasteiger partial charge in [0.25, 0.3) is 5.91 Å². The summed E-state index contributed by atoms with van der Waals surface area (Å²) in [5, 5.41) is 6.07. The lowest BCUT2D eigenvalue weighted by Crippen LogP contribution is -2.25. The first-order valence-corrected chi connectivity index (χ1v) is 11.4. The predicted octanol–water partition coefficient (Wildman–Crippen LogP) is 4.76. The topological polar surface area (TPSA) is 114 Å². The molecule has 1 fully saturated rings. The molecule has 184 valence electrons. The molecule has 1 saturated carbocycles. The highest BCUT2D eigenvalue weighted by atomic mass is 16.6. The van der Waals surface area contributed by atoms with Gasteiger partial charge in [-0.25, -0.2) is 10.5 Å². The average Bonchev–Trinajstić information content (AvgIpc) is 3.71. The second kappa shape index (κ2) is 11.9. The Balaban J connectivity index is 1.99. The van der Waals surface area contributed by atoms with Crippen LogP contribution in [-0.2, 0) is 9.63 Å². The van der Waals surface area contributed by atoms with E-state index < -0.39 is 5.91 Å². The van der Waals surface area contributed by atoms with Gasteiger partial charge in [-0.2, -0.15) is 0 Å². The Labute approximate surface area is 205 Å². The summed E-state index contributed by atoms with van der Waals surface area (Å²) >= 11 is 0. The SMILES string of the molecule is C=C/C(C)=C\N=C(/C)c1cccc(Nc2cc(NC(=O)C3CC3)ncc2C(=O)NOCC)c1OC. The molecule has 0 spiro atoms. The zero-order chi connectivity index (χ0) is 25.4. The van der Waals surface area contributed by atoms with E-state index in [0.717, 1.165) is 29.7 Å². The fourth-order valence-corrected chi connectivity index (χ4v) is 3.18. The summed E-state index contributed by atoms with van der Waals surface area (Å²) in [5.41, 5.74) is 6.12. The van der Waals surface area contributed by atoms with Crippen LogP contribution in [0.25, 0.3) is 0 Å². The van der Waals surface area contributed by atoms with Gasteiger partial charge in [-0.1, -0.05) is 18.7 Å². The summed E-state index contributed by atoms with van der Waals surface area (Å²) in [6.07, 6.45) is 6.60. The minimum absolute atomic E-state index is 0.0203. The number of nitrogens with one attached hydrogen (secondary N) is 3. The number of hydroxylamine groups is 1. The lowest BCUT2D eigenvalue weighted by Gasteiger charge is -2.17. The molecular weight excluding hydrogens is 446 g/mol. The molecule has 0 radical (unpaired) electrons. The van der Waals surface area contributed by atoms with Crippen molar-refractivity contribution in [2.45, 2.75) is 33.6 Å². The number of amides is 2. The smallest absolute Gasteiger partial charge is 0.278 e. The van der Waals surface area contributed by atoms with Gasteiger partial charge in [0.05, 0.1) is 30.7 Å². The maximum absolute atomic E-state index is 12.7. The fraction of sp³-hybridized carbons (Fsp3) is 0.308. The highest BCUT2D eigenvalue weighted by molar-refractivity contribution is 6.04. The molecule has 9 nitrogen and oxygen atoms in total. The molecule has 0 aliphatic heterocycles. The van der Waals surface area contributed by atoms with Crippen molar-refractivity contribution in [3.63, 3.8) is 0 Å². The highest BCUT2D eigenvalue weighted by Crippen LogP contribution is 2.34. The average molecular weight is 478 g/mol. The van der Waals surface area contributed by atoms with E-state index in [4.69, 9.17) is 9.57 Å². The minimum atomic E-state index is -0.472. The van der Waals surface area contributed by atoms with Crippen molar-refractivity contribution in [2.75, 3.05) is 24.4 Å². The van der Waals surface area contributed by atoms with Crippen LogP contribution in [0.2, 0.25) is 0 Å². The number of benzene rings is 1. The first-order valence-electron chi connectivity index (χ1n) is 11.4. The molecule has 35 heavy (non-hydrogen) atoms. The number of methoxy groups -OCH3 is 1. The number of aliphatic imine (C=N–C) groups is 1. The molecule has 2 amide bonds. The van der Waals surface area contributed by atoms with Crippen LogP contribution < -0.4 is 20.9 Å². The Kier molecular flexibility index (Phi) is 8.74. The molecule has 0 bridgehead atoms. The summed E-state index contributed by atoms with van der Waals surface area (Å²) < 4.78 is 5.71. The van der Waals surface area contributed by atoms with Crippen molar-refractivity contribution in [3.8, 4) is 5.75 Å². The number of hydrogen-bond acceptors (Lipinski definition) is 7. The fourth-order valence-electron chi connectivity index (χ4n) is 3.18. The van der Waals surface area contributed by atoms with E-state index in [9.17, 15) is 9.59 Å². The van der Waals surface area contributed by atoms with Gasteiger partial charge in [0.1, 0.15) is 5.82 Å². The monoisotopic (exact) mass is 477 g/mol. The van der Waals surface area contributed by atoms with Crippen molar-refractivity contribution in [2.24, 2.45) is 10.9 Å². The molecule has 0 saturated heterocycles. The molecule has 3 N–H and O–H groups in total. The lowest BCUT2D eigenvalue weighted by molar-refractivity contribution is -0.117. The molecule has 3 rings (SSSR count). The van der Waals surface area contributed by atoms with Gasteiger partial charge in [0, 0.05) is 35.7 Å². The summed E-state index contributed by atoms with van der Waals surface area (Å²) in [6, 6.07) is 7.20. The van der Waals surface area contributed by atoms with Crippen LogP contribution in [0.5, 0.6) is 5.75 Å². The highest BCUT2D eigenvalue weighted by Gasteiger charge is 2.30. The number of para-hydroxylation sites is 1. The zero-order valence-electron chi connectivity index (χ0n) is 20.5. The second-order valence-corrected chi connectivity index (χ2v) is 8.05. The van der Waals surface area contributed by atoms with Crippen LogP contribution in [0.15, 0.2) is 59.9 Å². The summed E-state index contributed by atoms with van der Waals surface area (Å²) in [7, 11) is 1.57. The largest absolute Gasteiger partial charge is 0.494 e. The number of carbonyl (C=O) groups excluding carboxylic acids is 2. The van der Waals surface area contributed by atoms with E-state index in [1.54, 1.807) is 32.4 Å². The summed E-state index contributed by atoms with van der Waals surface area (Å²) in [5.74, 6) is 0.362.